The molecule has 36 heavy (non-hydrogen) atoms. The van der Waals surface area contributed by atoms with Gasteiger partial charge in [0, 0.05) is 47.4 Å². The van der Waals surface area contributed by atoms with Crippen LogP contribution in [0.25, 0.3) is 44.7 Å². The van der Waals surface area contributed by atoms with Gasteiger partial charge in [0.15, 0.2) is 0 Å². The third-order valence-electron chi connectivity index (χ3n) is 6.51. The van der Waals surface area contributed by atoms with E-state index in [0.29, 0.717) is 18.1 Å². The van der Waals surface area contributed by atoms with Crippen molar-refractivity contribution in [3.63, 3.8) is 0 Å². The summed E-state index contributed by atoms with van der Waals surface area (Å²) >= 11 is 0. The molecule has 0 radical (unpaired) electrons. The van der Waals surface area contributed by atoms with Crippen LogP contribution in [0.4, 0.5) is 0 Å². The summed E-state index contributed by atoms with van der Waals surface area (Å²) in [6.45, 7) is 4.26. The molecule has 4 heterocycles. The highest BCUT2D eigenvalue weighted by atomic mass is 16.5. The van der Waals surface area contributed by atoms with Gasteiger partial charge in [-0.25, -0.2) is 9.78 Å². The molecule has 2 N–H and O–H groups in total. The number of fused-ring (bicyclic) bond motifs is 1. The van der Waals surface area contributed by atoms with Crippen molar-refractivity contribution in [2.45, 2.75) is 6.92 Å². The van der Waals surface area contributed by atoms with E-state index in [0.717, 1.165) is 63.5 Å². The number of nitrogens with zero attached hydrogens (tertiary/aromatic N) is 3. The minimum absolute atomic E-state index is 0.285. The van der Waals surface area contributed by atoms with Crippen molar-refractivity contribution in [2.24, 2.45) is 5.92 Å². The molecule has 1 aliphatic heterocycles. The van der Waals surface area contributed by atoms with E-state index in [-0.39, 0.29) is 5.97 Å². The van der Waals surface area contributed by atoms with Gasteiger partial charge < -0.3 is 15.0 Å². The fourth-order valence-electron chi connectivity index (χ4n) is 4.37. The zero-order valence-electron chi connectivity index (χ0n) is 19.9. The second-order valence-electron chi connectivity index (χ2n) is 9.12. The first-order chi connectivity index (χ1) is 17.6. The van der Waals surface area contributed by atoms with Crippen LogP contribution in [0.5, 0.6) is 0 Å². The van der Waals surface area contributed by atoms with Crippen LogP contribution in [0.2, 0.25) is 0 Å². The molecule has 1 fully saturated rings. The summed E-state index contributed by atoms with van der Waals surface area (Å²) in [5, 5.41) is 4.19. The number of nitrogens with one attached hydrogen (secondary N) is 2. The molecule has 2 aromatic carbocycles. The van der Waals surface area contributed by atoms with Gasteiger partial charge in [-0.05, 0) is 55.0 Å². The molecule has 0 saturated carbocycles. The topological polar surface area (TPSA) is 92.8 Å². The molecule has 5 aromatic rings. The Bertz CT molecular complexity index is 1550. The number of esters is 1. The van der Waals surface area contributed by atoms with Crippen LogP contribution in [-0.2, 0) is 4.74 Å². The van der Waals surface area contributed by atoms with Crippen LogP contribution in [0.1, 0.15) is 16.1 Å². The molecule has 0 bridgehead atoms. The number of aromatic amines is 1. The van der Waals surface area contributed by atoms with E-state index >= 15 is 0 Å². The lowest BCUT2D eigenvalue weighted by atomic mass is 10.0. The smallest absolute Gasteiger partial charge is 0.338 e. The van der Waals surface area contributed by atoms with Crippen molar-refractivity contribution in [1.82, 2.24) is 25.3 Å². The van der Waals surface area contributed by atoms with Crippen molar-refractivity contribution < 1.29 is 9.53 Å². The molecule has 0 atom stereocenters. The molecule has 1 aliphatic rings. The molecular weight excluding hydrogens is 450 g/mol. The summed E-state index contributed by atoms with van der Waals surface area (Å²) in [5.41, 5.74) is 7.95. The van der Waals surface area contributed by atoms with Gasteiger partial charge in [-0.1, -0.05) is 24.3 Å². The van der Waals surface area contributed by atoms with E-state index < -0.39 is 0 Å². The standard InChI is InChI=1S/C29H25N5O2/c1-18-3-2-4-26(34-18)28-27(32-17-33-28)22-9-10-25-23(11-22)12-24(15-31-25)20-5-7-21(8-6-20)29(35)36-16-19-13-30-14-19/h2-12,15,17,19,30H,13-14,16H2,1H3,(H,32,33). The van der Waals surface area contributed by atoms with Crippen LogP contribution < -0.4 is 5.32 Å². The summed E-state index contributed by atoms with van der Waals surface area (Å²) in [7, 11) is 0. The SMILES string of the molecule is Cc1cccc(-c2[nH]cnc2-c2ccc3ncc(-c4ccc(C(=O)OCC5CNC5)cc4)cc3c2)n1. The Balaban J connectivity index is 1.27. The lowest BCUT2D eigenvalue weighted by Gasteiger charge is -2.26. The van der Waals surface area contributed by atoms with E-state index in [1.165, 1.54) is 0 Å². The van der Waals surface area contributed by atoms with Gasteiger partial charge >= 0.3 is 5.97 Å². The fourth-order valence-corrected chi connectivity index (χ4v) is 4.37. The third-order valence-corrected chi connectivity index (χ3v) is 6.51. The van der Waals surface area contributed by atoms with E-state index in [4.69, 9.17) is 4.74 Å². The summed E-state index contributed by atoms with van der Waals surface area (Å²) in [6, 6.07) is 21.7. The highest BCUT2D eigenvalue weighted by Crippen LogP contribution is 2.31. The van der Waals surface area contributed by atoms with Gasteiger partial charge in [0.2, 0.25) is 0 Å². The predicted molar refractivity (Wildman–Crippen MR) is 139 cm³/mol. The number of aryl methyl sites for hydroxylation is 1. The first-order valence-corrected chi connectivity index (χ1v) is 12.0. The second kappa shape index (κ2) is 9.36. The van der Waals surface area contributed by atoms with Gasteiger partial charge in [-0.15, -0.1) is 0 Å². The van der Waals surface area contributed by atoms with Crippen molar-refractivity contribution in [2.75, 3.05) is 19.7 Å². The molecular formula is C29H25N5O2. The number of carbonyl (C=O) groups is 1. The first kappa shape index (κ1) is 22.1. The normalized spacial score (nSPS) is 13.5. The van der Waals surface area contributed by atoms with Crippen molar-refractivity contribution in [3.8, 4) is 33.8 Å². The number of hydrogen-bond acceptors (Lipinski definition) is 6. The summed E-state index contributed by atoms with van der Waals surface area (Å²) in [4.78, 5) is 29.5. The number of aromatic nitrogens is 4. The molecule has 1 saturated heterocycles. The van der Waals surface area contributed by atoms with Crippen LogP contribution in [0, 0.1) is 12.8 Å². The number of benzene rings is 2. The molecule has 0 amide bonds. The predicted octanol–water partition coefficient (Wildman–Crippen LogP) is 5.04. The zero-order valence-corrected chi connectivity index (χ0v) is 19.9. The molecule has 3 aromatic heterocycles. The maximum atomic E-state index is 12.3. The number of pyridine rings is 2. The average Bonchev–Trinajstić information content (AvgIpc) is 3.37. The maximum Gasteiger partial charge on any atom is 0.338 e. The number of imidazole rings is 1. The van der Waals surface area contributed by atoms with Gasteiger partial charge in [0.25, 0.3) is 0 Å². The Morgan fingerprint density at radius 3 is 2.56 bits per heavy atom. The summed E-state index contributed by atoms with van der Waals surface area (Å²) in [5.74, 6) is 0.139. The molecule has 0 aliphatic carbocycles. The molecule has 0 spiro atoms. The largest absolute Gasteiger partial charge is 0.462 e. The molecule has 178 valence electrons. The highest BCUT2D eigenvalue weighted by molar-refractivity contribution is 5.91. The van der Waals surface area contributed by atoms with Crippen molar-refractivity contribution in [3.05, 3.63) is 90.5 Å². The first-order valence-electron chi connectivity index (χ1n) is 12.0. The van der Waals surface area contributed by atoms with Crippen LogP contribution in [0.15, 0.2) is 79.3 Å². The average molecular weight is 476 g/mol. The molecule has 6 rings (SSSR count). The highest BCUT2D eigenvalue weighted by Gasteiger charge is 2.19. The van der Waals surface area contributed by atoms with Gasteiger partial charge in [0.05, 0.1) is 41.1 Å². The van der Waals surface area contributed by atoms with Gasteiger partial charge in [-0.2, -0.15) is 0 Å². The number of ether oxygens (including phenoxy) is 1. The number of H-pyrrole nitrogens is 1. The van der Waals surface area contributed by atoms with E-state index in [1.807, 2.05) is 67.7 Å². The Morgan fingerprint density at radius 2 is 1.78 bits per heavy atom. The Hall–Kier alpha value is -4.36. The van der Waals surface area contributed by atoms with E-state index in [1.54, 1.807) is 6.33 Å². The molecule has 7 nitrogen and oxygen atoms in total. The monoisotopic (exact) mass is 475 g/mol. The minimum atomic E-state index is -0.285. The zero-order chi connectivity index (χ0) is 24.5. The minimum Gasteiger partial charge on any atom is -0.462 e. The number of rotatable bonds is 6. The van der Waals surface area contributed by atoms with Crippen molar-refractivity contribution in [1.29, 1.82) is 0 Å². The Morgan fingerprint density at radius 1 is 0.972 bits per heavy atom. The van der Waals surface area contributed by atoms with Gasteiger partial charge in [0.1, 0.15) is 0 Å². The van der Waals surface area contributed by atoms with Crippen LogP contribution >= 0.6 is 0 Å². The van der Waals surface area contributed by atoms with Gasteiger partial charge in [-0.3, -0.25) is 9.97 Å². The third kappa shape index (κ3) is 4.36. The molecule has 0 unspecified atom stereocenters. The quantitative estimate of drug-likeness (QED) is 0.334. The Kier molecular flexibility index (Phi) is 5.75. The lowest BCUT2D eigenvalue weighted by Crippen LogP contribution is -2.44. The van der Waals surface area contributed by atoms with E-state index in [9.17, 15) is 4.79 Å². The van der Waals surface area contributed by atoms with Crippen LogP contribution in [0.3, 0.4) is 0 Å². The van der Waals surface area contributed by atoms with Crippen LogP contribution in [-0.4, -0.2) is 45.6 Å². The number of hydrogen-bond donors (Lipinski definition) is 2. The van der Waals surface area contributed by atoms with E-state index in [2.05, 4.69) is 37.4 Å². The maximum absolute atomic E-state index is 12.3. The summed E-state index contributed by atoms with van der Waals surface area (Å²) in [6.07, 6.45) is 3.55. The van der Waals surface area contributed by atoms with Crippen molar-refractivity contribution >= 4 is 16.9 Å². The summed E-state index contributed by atoms with van der Waals surface area (Å²) < 4.78 is 5.43. The fraction of sp³-hybridized carbons (Fsp3) is 0.172. The second-order valence-corrected chi connectivity index (χ2v) is 9.12. The number of carbonyl (C=O) groups excluding carboxylic acids is 1. The Labute approximate surface area is 208 Å². The lowest BCUT2D eigenvalue weighted by molar-refractivity contribution is 0.0398. The molecule has 7 heteroatoms.